The van der Waals surface area contributed by atoms with Crippen molar-refractivity contribution in [1.82, 2.24) is 19.7 Å². The number of hydrogen-bond acceptors (Lipinski definition) is 4. The summed E-state index contributed by atoms with van der Waals surface area (Å²) in [5.74, 6) is 1.29. The van der Waals surface area contributed by atoms with Gasteiger partial charge >= 0.3 is 0 Å². The monoisotopic (exact) mass is 342 g/mol. The number of nitrogens with one attached hydrogen (secondary N) is 1. The topological polar surface area (TPSA) is 59.3 Å². The van der Waals surface area contributed by atoms with Crippen molar-refractivity contribution in [2.75, 3.05) is 6.54 Å². The van der Waals surface area contributed by atoms with Crippen LogP contribution >= 0.6 is 11.3 Å². The summed E-state index contributed by atoms with van der Waals surface area (Å²) in [7, 11) is 0. The third-order valence-electron chi connectivity index (χ3n) is 3.76. The molecule has 3 aromatic rings. The summed E-state index contributed by atoms with van der Waals surface area (Å²) in [5.41, 5.74) is 2.38. The summed E-state index contributed by atoms with van der Waals surface area (Å²) in [6.45, 7) is 6.85. The van der Waals surface area contributed by atoms with Crippen LogP contribution in [-0.4, -0.2) is 26.8 Å². The lowest BCUT2D eigenvalue weighted by Gasteiger charge is -2.03. The van der Waals surface area contributed by atoms with Crippen LogP contribution in [0.25, 0.3) is 5.52 Å². The molecule has 5 nitrogen and oxygen atoms in total. The van der Waals surface area contributed by atoms with E-state index in [1.807, 2.05) is 41.1 Å². The molecule has 6 heteroatoms. The number of aryl methyl sites for hydroxylation is 1. The molecular formula is C18H22N4OS. The molecule has 0 unspecified atom stereocenters. The molecule has 0 atom stereocenters. The van der Waals surface area contributed by atoms with Crippen LogP contribution in [0.2, 0.25) is 0 Å². The van der Waals surface area contributed by atoms with Gasteiger partial charge in [0.25, 0.3) is 5.91 Å². The van der Waals surface area contributed by atoms with E-state index >= 15 is 0 Å². The Labute approximate surface area is 145 Å². The van der Waals surface area contributed by atoms with E-state index in [0.29, 0.717) is 18.2 Å². The van der Waals surface area contributed by atoms with Crippen molar-refractivity contribution in [2.24, 2.45) is 5.92 Å². The molecule has 3 rings (SSSR count). The zero-order valence-electron chi connectivity index (χ0n) is 14.2. The number of fused-ring (bicyclic) bond motifs is 1. The molecular weight excluding hydrogens is 320 g/mol. The molecule has 0 aliphatic carbocycles. The highest BCUT2D eigenvalue weighted by Gasteiger charge is 2.17. The average molecular weight is 342 g/mol. The number of carbonyl (C=O) groups excluding carboxylic acids is 1. The lowest BCUT2D eigenvalue weighted by molar-refractivity contribution is 0.0951. The number of rotatable bonds is 6. The highest BCUT2D eigenvalue weighted by molar-refractivity contribution is 7.09. The van der Waals surface area contributed by atoms with Gasteiger partial charge in [-0.1, -0.05) is 19.9 Å². The molecule has 0 saturated carbocycles. The first kappa shape index (κ1) is 16.6. The number of nitrogens with zero attached hydrogens (tertiary/aromatic N) is 3. The molecule has 0 aliphatic heterocycles. The van der Waals surface area contributed by atoms with Crippen LogP contribution < -0.4 is 5.32 Å². The summed E-state index contributed by atoms with van der Waals surface area (Å²) >= 11 is 1.63. The third kappa shape index (κ3) is 3.64. The van der Waals surface area contributed by atoms with E-state index in [4.69, 9.17) is 0 Å². The second-order valence-corrected chi connectivity index (χ2v) is 7.36. The first-order valence-corrected chi connectivity index (χ1v) is 9.07. The Morgan fingerprint density at radius 1 is 1.33 bits per heavy atom. The lowest BCUT2D eigenvalue weighted by atomic mass is 10.1. The van der Waals surface area contributed by atoms with Gasteiger partial charge in [-0.05, 0) is 25.0 Å². The van der Waals surface area contributed by atoms with Crippen molar-refractivity contribution in [3.8, 4) is 0 Å². The molecule has 3 aromatic heterocycles. The van der Waals surface area contributed by atoms with Gasteiger partial charge in [0.05, 0.1) is 16.2 Å². The minimum Gasteiger partial charge on any atom is -0.350 e. The van der Waals surface area contributed by atoms with E-state index in [9.17, 15) is 4.79 Å². The fourth-order valence-corrected chi connectivity index (χ4v) is 3.34. The Hall–Kier alpha value is -2.21. The summed E-state index contributed by atoms with van der Waals surface area (Å²) in [5, 5.41) is 6.05. The van der Waals surface area contributed by atoms with Crippen LogP contribution in [0.4, 0.5) is 0 Å². The number of carbonyl (C=O) groups is 1. The Kier molecular flexibility index (Phi) is 4.94. The smallest absolute Gasteiger partial charge is 0.272 e. The summed E-state index contributed by atoms with van der Waals surface area (Å²) in [6.07, 6.45) is 3.55. The first-order valence-electron chi connectivity index (χ1n) is 8.19. The van der Waals surface area contributed by atoms with Gasteiger partial charge in [0.1, 0.15) is 5.82 Å². The fraction of sp³-hybridized carbons (Fsp3) is 0.389. The molecule has 1 N–H and O–H groups in total. The zero-order chi connectivity index (χ0) is 17.1. The average Bonchev–Trinajstić information content (AvgIpc) is 3.11. The second-order valence-electron chi connectivity index (χ2n) is 6.29. The van der Waals surface area contributed by atoms with Gasteiger partial charge in [0.15, 0.2) is 5.69 Å². The van der Waals surface area contributed by atoms with Crippen molar-refractivity contribution in [3.63, 3.8) is 0 Å². The molecule has 0 aliphatic rings. The molecule has 24 heavy (non-hydrogen) atoms. The Balaban J connectivity index is 1.74. The van der Waals surface area contributed by atoms with Crippen molar-refractivity contribution < 1.29 is 4.79 Å². The Bertz CT molecular complexity index is 850. The molecule has 0 bridgehead atoms. The summed E-state index contributed by atoms with van der Waals surface area (Å²) in [4.78, 5) is 21.6. The summed E-state index contributed by atoms with van der Waals surface area (Å²) in [6, 6.07) is 5.84. The predicted molar refractivity (Wildman–Crippen MR) is 96.6 cm³/mol. The van der Waals surface area contributed by atoms with E-state index in [2.05, 4.69) is 29.1 Å². The number of imidazole rings is 1. The molecule has 0 spiro atoms. The maximum Gasteiger partial charge on any atom is 0.272 e. The number of amides is 1. The zero-order valence-corrected chi connectivity index (χ0v) is 15.1. The van der Waals surface area contributed by atoms with Gasteiger partial charge < -0.3 is 9.72 Å². The molecule has 0 saturated heterocycles. The van der Waals surface area contributed by atoms with Gasteiger partial charge in [-0.15, -0.1) is 11.3 Å². The highest BCUT2D eigenvalue weighted by atomic mass is 32.1. The largest absolute Gasteiger partial charge is 0.350 e. The van der Waals surface area contributed by atoms with Gasteiger partial charge in [-0.3, -0.25) is 4.79 Å². The molecule has 0 aromatic carbocycles. The number of thiazole rings is 1. The number of pyridine rings is 1. The van der Waals surface area contributed by atoms with Crippen molar-refractivity contribution in [2.45, 2.75) is 33.6 Å². The first-order chi connectivity index (χ1) is 11.5. The van der Waals surface area contributed by atoms with Crippen LogP contribution in [0.15, 0.2) is 29.8 Å². The maximum absolute atomic E-state index is 12.5. The van der Waals surface area contributed by atoms with E-state index in [1.165, 1.54) is 0 Å². The van der Waals surface area contributed by atoms with Crippen LogP contribution in [0.3, 0.4) is 0 Å². The third-order valence-corrected chi connectivity index (χ3v) is 4.58. The fourth-order valence-electron chi connectivity index (χ4n) is 2.69. The van der Waals surface area contributed by atoms with Crippen molar-refractivity contribution in [1.29, 1.82) is 0 Å². The SMILES string of the molecule is Cc1nc(CCNC(=O)c2nc(CC(C)C)n3ccccc23)cs1. The normalized spacial score (nSPS) is 11.3. The molecule has 3 heterocycles. The van der Waals surface area contributed by atoms with Crippen LogP contribution in [0.5, 0.6) is 0 Å². The molecule has 0 fully saturated rings. The summed E-state index contributed by atoms with van der Waals surface area (Å²) < 4.78 is 2.01. The van der Waals surface area contributed by atoms with Crippen LogP contribution in [0.1, 0.15) is 40.9 Å². The van der Waals surface area contributed by atoms with Gasteiger partial charge in [-0.2, -0.15) is 0 Å². The van der Waals surface area contributed by atoms with Gasteiger partial charge in [-0.25, -0.2) is 9.97 Å². The standard InChI is InChI=1S/C18H22N4OS/c1-12(2)10-16-21-17(15-6-4-5-9-22(15)16)18(23)19-8-7-14-11-24-13(3)20-14/h4-6,9,11-12H,7-8,10H2,1-3H3,(H,19,23). The van der Waals surface area contributed by atoms with Crippen LogP contribution in [0, 0.1) is 12.8 Å². The quantitative estimate of drug-likeness (QED) is 0.748. The Morgan fingerprint density at radius 3 is 2.88 bits per heavy atom. The molecule has 0 radical (unpaired) electrons. The van der Waals surface area contributed by atoms with E-state index in [-0.39, 0.29) is 5.91 Å². The van der Waals surface area contributed by atoms with E-state index < -0.39 is 0 Å². The highest BCUT2D eigenvalue weighted by Crippen LogP contribution is 2.16. The van der Waals surface area contributed by atoms with Crippen molar-refractivity contribution in [3.05, 3.63) is 52.0 Å². The van der Waals surface area contributed by atoms with E-state index in [1.54, 1.807) is 11.3 Å². The minimum atomic E-state index is -0.124. The lowest BCUT2D eigenvalue weighted by Crippen LogP contribution is -2.26. The number of aromatic nitrogens is 3. The molecule has 1 amide bonds. The number of hydrogen-bond donors (Lipinski definition) is 1. The van der Waals surface area contributed by atoms with Crippen LogP contribution in [-0.2, 0) is 12.8 Å². The Morgan fingerprint density at radius 2 is 2.17 bits per heavy atom. The van der Waals surface area contributed by atoms with Crippen molar-refractivity contribution >= 4 is 22.8 Å². The predicted octanol–water partition coefficient (Wildman–Crippen LogP) is 3.27. The van der Waals surface area contributed by atoms with Gasteiger partial charge in [0.2, 0.25) is 0 Å². The second kappa shape index (κ2) is 7.13. The van der Waals surface area contributed by atoms with Gasteiger partial charge in [0, 0.05) is 31.0 Å². The molecule has 126 valence electrons. The minimum absolute atomic E-state index is 0.124. The maximum atomic E-state index is 12.5. The van der Waals surface area contributed by atoms with E-state index in [0.717, 1.165) is 34.9 Å².